The summed E-state index contributed by atoms with van der Waals surface area (Å²) in [7, 11) is 0. The minimum absolute atomic E-state index is 0.113. The van der Waals surface area contributed by atoms with Crippen molar-refractivity contribution in [1.82, 2.24) is 14.9 Å². The topological polar surface area (TPSA) is 50.1 Å². The summed E-state index contributed by atoms with van der Waals surface area (Å²) in [5.41, 5.74) is 2.17. The summed E-state index contributed by atoms with van der Waals surface area (Å²) in [4.78, 5) is 4.67. The van der Waals surface area contributed by atoms with E-state index in [0.29, 0.717) is 6.04 Å². The van der Waals surface area contributed by atoms with Gasteiger partial charge in [-0.2, -0.15) is 0 Å². The molecular weight excluding hydrogens is 262 g/mol. The molecule has 1 fully saturated rings. The Morgan fingerprint density at radius 1 is 1.43 bits per heavy atom. The first-order chi connectivity index (χ1) is 10.2. The van der Waals surface area contributed by atoms with Gasteiger partial charge in [-0.05, 0) is 51.3 Å². The van der Waals surface area contributed by atoms with E-state index in [1.54, 1.807) is 0 Å². The molecule has 21 heavy (non-hydrogen) atoms. The molecule has 1 aliphatic carbocycles. The number of imidazole rings is 1. The Balaban J connectivity index is 1.89. The Morgan fingerprint density at radius 3 is 3.00 bits per heavy atom. The molecule has 1 saturated carbocycles. The van der Waals surface area contributed by atoms with Crippen LogP contribution in [-0.4, -0.2) is 33.3 Å². The first kappa shape index (κ1) is 14.5. The average molecular weight is 287 g/mol. The van der Waals surface area contributed by atoms with E-state index in [9.17, 15) is 5.11 Å². The minimum atomic E-state index is -0.113. The molecule has 2 atom stereocenters. The number of aliphatic hydroxyl groups excluding tert-OH is 1. The second kappa shape index (κ2) is 5.78. The van der Waals surface area contributed by atoms with Crippen LogP contribution in [0.25, 0.3) is 11.0 Å². The molecule has 1 aromatic heterocycles. The fourth-order valence-corrected chi connectivity index (χ4v) is 3.69. The van der Waals surface area contributed by atoms with Gasteiger partial charge in [0, 0.05) is 11.6 Å². The SMILES string of the molecule is CCCNC1(CO)CCC(n2c(C)nc3ccccc32)C1. The highest BCUT2D eigenvalue weighted by atomic mass is 16.3. The number of aromatic nitrogens is 2. The van der Waals surface area contributed by atoms with Crippen molar-refractivity contribution in [3.63, 3.8) is 0 Å². The number of rotatable bonds is 5. The van der Waals surface area contributed by atoms with Crippen molar-refractivity contribution in [2.24, 2.45) is 0 Å². The van der Waals surface area contributed by atoms with Crippen molar-refractivity contribution >= 4 is 11.0 Å². The largest absolute Gasteiger partial charge is 0.394 e. The van der Waals surface area contributed by atoms with Crippen LogP contribution in [0.2, 0.25) is 0 Å². The van der Waals surface area contributed by atoms with E-state index in [2.05, 4.69) is 46.9 Å². The number of nitrogens with one attached hydrogen (secondary N) is 1. The smallest absolute Gasteiger partial charge is 0.106 e. The van der Waals surface area contributed by atoms with Gasteiger partial charge in [0.15, 0.2) is 0 Å². The number of benzene rings is 1. The maximum absolute atomic E-state index is 9.85. The van der Waals surface area contributed by atoms with Crippen LogP contribution in [0.1, 0.15) is 44.5 Å². The van der Waals surface area contributed by atoms with Crippen LogP contribution in [0.3, 0.4) is 0 Å². The van der Waals surface area contributed by atoms with E-state index in [1.165, 1.54) is 5.52 Å². The molecule has 1 heterocycles. The minimum Gasteiger partial charge on any atom is -0.394 e. The standard InChI is InChI=1S/C17H25N3O/c1-3-10-18-17(12-21)9-8-14(11-17)20-13(2)19-15-6-4-5-7-16(15)20/h4-7,14,18,21H,3,8-12H2,1-2H3. The number of aryl methyl sites for hydroxylation is 1. The lowest BCUT2D eigenvalue weighted by Gasteiger charge is -2.29. The highest BCUT2D eigenvalue weighted by molar-refractivity contribution is 5.76. The molecule has 4 nitrogen and oxygen atoms in total. The molecule has 1 aliphatic rings. The summed E-state index contributed by atoms with van der Waals surface area (Å²) >= 11 is 0. The number of nitrogens with zero attached hydrogens (tertiary/aromatic N) is 2. The fraction of sp³-hybridized carbons (Fsp3) is 0.588. The van der Waals surface area contributed by atoms with Gasteiger partial charge in [-0.3, -0.25) is 0 Å². The van der Waals surface area contributed by atoms with Gasteiger partial charge < -0.3 is 15.0 Å². The Morgan fingerprint density at radius 2 is 2.24 bits per heavy atom. The predicted molar refractivity (Wildman–Crippen MR) is 85.5 cm³/mol. The molecule has 4 heteroatoms. The average Bonchev–Trinajstić information content (AvgIpc) is 3.05. The molecule has 2 unspecified atom stereocenters. The summed E-state index contributed by atoms with van der Waals surface area (Å²) in [5.74, 6) is 1.07. The monoisotopic (exact) mass is 287 g/mol. The Kier molecular flexibility index (Phi) is 4.00. The summed E-state index contributed by atoms with van der Waals surface area (Å²) in [6.45, 7) is 5.43. The Bertz CT molecular complexity index is 622. The van der Waals surface area contributed by atoms with Gasteiger partial charge in [-0.25, -0.2) is 4.98 Å². The molecule has 0 spiro atoms. The molecule has 0 saturated heterocycles. The summed E-state index contributed by atoms with van der Waals surface area (Å²) in [5, 5.41) is 13.4. The third kappa shape index (κ3) is 2.58. The second-order valence-corrected chi connectivity index (χ2v) is 6.28. The zero-order chi connectivity index (χ0) is 14.9. The quantitative estimate of drug-likeness (QED) is 0.889. The van der Waals surface area contributed by atoms with Crippen molar-refractivity contribution in [2.45, 2.75) is 51.1 Å². The number of aliphatic hydroxyl groups is 1. The van der Waals surface area contributed by atoms with Crippen molar-refractivity contribution in [1.29, 1.82) is 0 Å². The molecule has 2 aromatic rings. The Labute approximate surface area is 126 Å². The first-order valence-corrected chi connectivity index (χ1v) is 7.98. The molecule has 3 rings (SSSR count). The van der Waals surface area contributed by atoms with Crippen LogP contribution < -0.4 is 5.32 Å². The van der Waals surface area contributed by atoms with Crippen molar-refractivity contribution in [3.05, 3.63) is 30.1 Å². The van der Waals surface area contributed by atoms with E-state index in [1.807, 2.05) is 6.07 Å². The van der Waals surface area contributed by atoms with Gasteiger partial charge in [0.1, 0.15) is 5.82 Å². The predicted octanol–water partition coefficient (Wildman–Crippen LogP) is 2.80. The van der Waals surface area contributed by atoms with Crippen molar-refractivity contribution in [3.8, 4) is 0 Å². The summed E-state index contributed by atoms with van der Waals surface area (Å²) in [6.07, 6.45) is 4.20. The van der Waals surface area contributed by atoms with Crippen LogP contribution in [0.4, 0.5) is 0 Å². The normalized spacial score (nSPS) is 25.8. The van der Waals surface area contributed by atoms with Gasteiger partial charge >= 0.3 is 0 Å². The van der Waals surface area contributed by atoms with E-state index in [4.69, 9.17) is 0 Å². The fourth-order valence-electron chi connectivity index (χ4n) is 3.69. The van der Waals surface area contributed by atoms with Gasteiger partial charge in [-0.1, -0.05) is 19.1 Å². The number of para-hydroxylation sites is 2. The molecular formula is C17H25N3O. The van der Waals surface area contributed by atoms with Crippen LogP contribution in [0, 0.1) is 6.92 Å². The van der Waals surface area contributed by atoms with Crippen LogP contribution in [0.15, 0.2) is 24.3 Å². The van der Waals surface area contributed by atoms with Gasteiger partial charge in [0.25, 0.3) is 0 Å². The van der Waals surface area contributed by atoms with Crippen LogP contribution in [-0.2, 0) is 0 Å². The molecule has 2 N–H and O–H groups in total. The first-order valence-electron chi connectivity index (χ1n) is 7.98. The molecule has 0 radical (unpaired) electrons. The lowest BCUT2D eigenvalue weighted by atomic mass is 9.98. The maximum atomic E-state index is 9.85. The van der Waals surface area contributed by atoms with Gasteiger partial charge in [0.05, 0.1) is 17.6 Å². The van der Waals surface area contributed by atoms with E-state index in [0.717, 1.165) is 43.6 Å². The van der Waals surface area contributed by atoms with Gasteiger partial charge in [0.2, 0.25) is 0 Å². The number of hydrogen-bond acceptors (Lipinski definition) is 3. The zero-order valence-electron chi connectivity index (χ0n) is 13.0. The molecule has 0 aliphatic heterocycles. The molecule has 0 bridgehead atoms. The van der Waals surface area contributed by atoms with Gasteiger partial charge in [-0.15, -0.1) is 0 Å². The third-order valence-corrected chi connectivity index (χ3v) is 4.77. The zero-order valence-corrected chi connectivity index (χ0v) is 13.0. The highest BCUT2D eigenvalue weighted by Gasteiger charge is 2.39. The maximum Gasteiger partial charge on any atom is 0.106 e. The van der Waals surface area contributed by atoms with E-state index < -0.39 is 0 Å². The third-order valence-electron chi connectivity index (χ3n) is 4.77. The van der Waals surface area contributed by atoms with Crippen LogP contribution in [0.5, 0.6) is 0 Å². The van der Waals surface area contributed by atoms with Crippen molar-refractivity contribution in [2.75, 3.05) is 13.2 Å². The van der Waals surface area contributed by atoms with Crippen LogP contribution >= 0.6 is 0 Å². The molecule has 1 aromatic carbocycles. The van der Waals surface area contributed by atoms with E-state index >= 15 is 0 Å². The lowest BCUT2D eigenvalue weighted by molar-refractivity contribution is 0.161. The van der Waals surface area contributed by atoms with Crippen molar-refractivity contribution < 1.29 is 5.11 Å². The van der Waals surface area contributed by atoms with E-state index in [-0.39, 0.29) is 12.1 Å². The lowest BCUT2D eigenvalue weighted by Crippen LogP contribution is -2.46. The summed E-state index contributed by atoms with van der Waals surface area (Å²) < 4.78 is 2.36. The molecule has 114 valence electrons. The number of fused-ring (bicyclic) bond motifs is 1. The Hall–Kier alpha value is -1.39. The second-order valence-electron chi connectivity index (χ2n) is 6.28. The summed E-state index contributed by atoms with van der Waals surface area (Å²) in [6, 6.07) is 8.75. The highest BCUT2D eigenvalue weighted by Crippen LogP contribution is 2.39. The molecule has 0 amide bonds. The number of hydrogen-bond donors (Lipinski definition) is 2.